The first-order valence-electron chi connectivity index (χ1n) is 8.33. The van der Waals surface area contributed by atoms with E-state index in [1.54, 1.807) is 6.07 Å². The van der Waals surface area contributed by atoms with Gasteiger partial charge < -0.3 is 10.3 Å². The highest BCUT2D eigenvalue weighted by molar-refractivity contribution is 5.88. The number of aromatic nitrogens is 5. The summed E-state index contributed by atoms with van der Waals surface area (Å²) in [6, 6.07) is 4.80. The molecule has 0 saturated heterocycles. The summed E-state index contributed by atoms with van der Waals surface area (Å²) in [7, 11) is 0. The highest BCUT2D eigenvalue weighted by Crippen LogP contribution is 2.27. The fourth-order valence-electron chi connectivity index (χ4n) is 2.93. The van der Waals surface area contributed by atoms with Crippen LogP contribution >= 0.6 is 0 Å². The number of anilines is 1. The lowest BCUT2D eigenvalue weighted by Crippen LogP contribution is -2.07. The number of nitriles is 1. The van der Waals surface area contributed by atoms with Gasteiger partial charge in [0.05, 0.1) is 35.5 Å². The van der Waals surface area contributed by atoms with Gasteiger partial charge in [0.15, 0.2) is 5.65 Å². The van der Waals surface area contributed by atoms with Gasteiger partial charge in [-0.1, -0.05) is 0 Å². The molecule has 0 aliphatic heterocycles. The summed E-state index contributed by atoms with van der Waals surface area (Å²) < 4.78 is 29.9. The molecule has 3 heterocycles. The predicted octanol–water partition coefficient (Wildman–Crippen LogP) is 2.58. The normalized spacial score (nSPS) is 10.8. The molecule has 30 heavy (non-hydrogen) atoms. The lowest BCUT2D eigenvalue weighted by atomic mass is 10.1. The molecule has 0 saturated carbocycles. The van der Waals surface area contributed by atoms with Crippen LogP contribution in [0.5, 0.6) is 0 Å². The third kappa shape index (κ3) is 3.24. The minimum Gasteiger partial charge on any atom is -0.368 e. The Balaban J connectivity index is 1.82. The molecule has 148 valence electrons. The second-order valence-corrected chi connectivity index (χ2v) is 6.19. The average molecular weight is 408 g/mol. The number of benzene rings is 1. The summed E-state index contributed by atoms with van der Waals surface area (Å²) in [6.45, 7) is -0.335. The van der Waals surface area contributed by atoms with Gasteiger partial charge in [0.25, 0.3) is 5.69 Å². The second kappa shape index (κ2) is 7.13. The largest absolute Gasteiger partial charge is 0.368 e. The molecule has 1 aromatic carbocycles. The summed E-state index contributed by atoms with van der Waals surface area (Å²) in [4.78, 5) is 26.3. The number of nitro groups is 1. The van der Waals surface area contributed by atoms with E-state index in [4.69, 9.17) is 11.0 Å². The second-order valence-electron chi connectivity index (χ2n) is 6.19. The first kappa shape index (κ1) is 18.8. The number of fused-ring (bicyclic) bond motifs is 1. The van der Waals surface area contributed by atoms with Crippen LogP contribution in [0, 0.1) is 33.1 Å². The molecule has 3 aromatic heterocycles. The smallest absolute Gasteiger partial charge is 0.275 e. The third-order valence-corrected chi connectivity index (χ3v) is 4.29. The van der Waals surface area contributed by atoms with Crippen LogP contribution in [0.2, 0.25) is 0 Å². The van der Waals surface area contributed by atoms with Crippen LogP contribution < -0.4 is 5.73 Å². The van der Waals surface area contributed by atoms with Crippen LogP contribution in [0.4, 0.5) is 20.4 Å². The standard InChI is InChI=1S/C18H10F2N8O2/c19-13-2-11(28(29)30)3-14(20)12(13)7-27-8-24-16-15(25-18(22)26-17(16)27)10-1-9(4-21)5-23-6-10/h1-3,5-6,8H,7H2,(H2,22,25,26). The number of non-ortho nitro benzene ring substituents is 1. The number of nitrogen functional groups attached to an aromatic ring is 1. The molecular formula is C18H10F2N8O2. The summed E-state index contributed by atoms with van der Waals surface area (Å²) in [5.41, 5.74) is 6.24. The van der Waals surface area contributed by atoms with Crippen molar-refractivity contribution < 1.29 is 13.7 Å². The third-order valence-electron chi connectivity index (χ3n) is 4.29. The molecule has 0 aliphatic carbocycles. The van der Waals surface area contributed by atoms with Crippen LogP contribution in [-0.2, 0) is 6.54 Å². The average Bonchev–Trinajstić information content (AvgIpc) is 3.12. The van der Waals surface area contributed by atoms with E-state index < -0.39 is 27.8 Å². The van der Waals surface area contributed by atoms with Gasteiger partial charge in [-0.05, 0) is 6.07 Å². The molecule has 2 N–H and O–H groups in total. The Bertz CT molecular complexity index is 1340. The molecule has 0 radical (unpaired) electrons. The minimum absolute atomic E-state index is 0.119. The first-order chi connectivity index (χ1) is 14.4. The maximum absolute atomic E-state index is 14.3. The molecule has 0 spiro atoms. The van der Waals surface area contributed by atoms with Gasteiger partial charge in [-0.25, -0.2) is 18.7 Å². The SMILES string of the molecule is N#Cc1cncc(-c2nc(N)nc3c2ncn3Cc2c(F)cc([N+](=O)[O-])cc2F)c1. The van der Waals surface area contributed by atoms with Crippen molar-refractivity contribution in [1.29, 1.82) is 5.26 Å². The molecule has 12 heteroatoms. The van der Waals surface area contributed by atoms with Gasteiger partial charge in [0.1, 0.15) is 28.9 Å². The van der Waals surface area contributed by atoms with Crippen LogP contribution in [0.3, 0.4) is 0 Å². The van der Waals surface area contributed by atoms with E-state index in [1.807, 2.05) is 6.07 Å². The number of hydrogen-bond donors (Lipinski definition) is 1. The molecule has 0 unspecified atom stereocenters. The van der Waals surface area contributed by atoms with Crippen molar-refractivity contribution in [2.75, 3.05) is 5.73 Å². The van der Waals surface area contributed by atoms with Crippen LogP contribution in [0.25, 0.3) is 22.4 Å². The van der Waals surface area contributed by atoms with E-state index >= 15 is 0 Å². The predicted molar refractivity (Wildman–Crippen MR) is 99.8 cm³/mol. The lowest BCUT2D eigenvalue weighted by molar-refractivity contribution is -0.385. The first-order valence-corrected chi connectivity index (χ1v) is 8.33. The molecule has 0 aliphatic rings. The van der Waals surface area contributed by atoms with Gasteiger partial charge in [-0.15, -0.1) is 0 Å². The maximum atomic E-state index is 14.3. The molecular weight excluding hydrogens is 398 g/mol. The Kier molecular flexibility index (Phi) is 4.47. The highest BCUT2D eigenvalue weighted by Gasteiger charge is 2.20. The molecule has 10 nitrogen and oxygen atoms in total. The quantitative estimate of drug-likeness (QED) is 0.400. The Morgan fingerprint density at radius 2 is 1.93 bits per heavy atom. The monoisotopic (exact) mass is 408 g/mol. The van der Waals surface area contributed by atoms with Gasteiger partial charge in [0, 0.05) is 23.5 Å². The number of imidazole rings is 1. The zero-order valence-corrected chi connectivity index (χ0v) is 15.0. The van der Waals surface area contributed by atoms with Crippen molar-refractivity contribution >= 4 is 22.8 Å². The summed E-state index contributed by atoms with van der Waals surface area (Å²) in [6.07, 6.45) is 4.14. The van der Waals surface area contributed by atoms with Crippen molar-refractivity contribution in [3.63, 3.8) is 0 Å². The summed E-state index contributed by atoms with van der Waals surface area (Å²) >= 11 is 0. The number of nitro benzene ring substituents is 1. The van der Waals surface area contributed by atoms with Gasteiger partial charge in [0.2, 0.25) is 5.95 Å². The van der Waals surface area contributed by atoms with E-state index in [9.17, 15) is 18.9 Å². The van der Waals surface area contributed by atoms with Gasteiger partial charge >= 0.3 is 0 Å². The van der Waals surface area contributed by atoms with Crippen LogP contribution in [0.15, 0.2) is 36.9 Å². The van der Waals surface area contributed by atoms with Gasteiger partial charge in [-0.2, -0.15) is 10.2 Å². The van der Waals surface area contributed by atoms with Crippen molar-refractivity contribution in [3.8, 4) is 17.3 Å². The highest BCUT2D eigenvalue weighted by atomic mass is 19.1. The van der Waals surface area contributed by atoms with E-state index in [1.165, 1.54) is 23.3 Å². The maximum Gasteiger partial charge on any atom is 0.275 e. The zero-order chi connectivity index (χ0) is 21.4. The summed E-state index contributed by atoms with van der Waals surface area (Å²) in [5, 5.41) is 19.8. The molecule has 0 fully saturated rings. The fourth-order valence-corrected chi connectivity index (χ4v) is 2.93. The van der Waals surface area contributed by atoms with E-state index in [0.717, 1.165) is 0 Å². The lowest BCUT2D eigenvalue weighted by Gasteiger charge is -2.08. The van der Waals surface area contributed by atoms with E-state index in [0.29, 0.717) is 29.0 Å². The minimum atomic E-state index is -1.07. The van der Waals surface area contributed by atoms with E-state index in [-0.39, 0.29) is 23.7 Å². The van der Waals surface area contributed by atoms with Crippen molar-refractivity contribution in [3.05, 3.63) is 69.8 Å². The van der Waals surface area contributed by atoms with Crippen molar-refractivity contribution in [2.45, 2.75) is 6.54 Å². The Morgan fingerprint density at radius 3 is 2.60 bits per heavy atom. The number of nitrogens with zero attached hydrogens (tertiary/aromatic N) is 7. The number of rotatable bonds is 4. The molecule has 0 atom stereocenters. The number of nitrogens with two attached hydrogens (primary N) is 1. The van der Waals surface area contributed by atoms with Crippen molar-refractivity contribution in [2.24, 2.45) is 0 Å². The van der Waals surface area contributed by atoms with Crippen LogP contribution in [-0.4, -0.2) is 29.4 Å². The number of hydrogen-bond acceptors (Lipinski definition) is 8. The Hall–Kier alpha value is -4.53. The molecule has 4 aromatic rings. The number of pyridine rings is 1. The molecule has 0 amide bonds. The Labute approximate surface area is 166 Å². The Morgan fingerprint density at radius 1 is 1.20 bits per heavy atom. The molecule has 0 bridgehead atoms. The molecule has 4 rings (SSSR count). The topological polar surface area (TPSA) is 149 Å². The van der Waals surface area contributed by atoms with Crippen molar-refractivity contribution in [1.82, 2.24) is 24.5 Å². The van der Waals surface area contributed by atoms with Gasteiger partial charge in [-0.3, -0.25) is 15.1 Å². The van der Waals surface area contributed by atoms with E-state index in [2.05, 4.69) is 19.9 Å². The number of halogens is 2. The van der Waals surface area contributed by atoms with Crippen LogP contribution in [0.1, 0.15) is 11.1 Å². The summed E-state index contributed by atoms with van der Waals surface area (Å²) in [5.74, 6) is -2.26. The fraction of sp³-hybridized carbons (Fsp3) is 0.0556. The zero-order valence-electron chi connectivity index (χ0n) is 15.0.